The number of hydrogen-bond acceptors (Lipinski definition) is 5. The fraction of sp³-hybridized carbons (Fsp3) is 0.484. The largest absolute Gasteiger partial charge is 0.444 e. The van der Waals surface area contributed by atoms with E-state index in [0.717, 1.165) is 17.5 Å². The smallest absolute Gasteiger partial charge is 0.408 e. The van der Waals surface area contributed by atoms with Crippen LogP contribution in [0.4, 0.5) is 4.79 Å². The maximum atomic E-state index is 13.7. The number of aromatic nitrogens is 2. The topological polar surface area (TPSA) is 105 Å². The second-order valence-corrected chi connectivity index (χ2v) is 12.0. The van der Waals surface area contributed by atoms with Gasteiger partial charge in [-0.15, -0.1) is 0 Å². The Bertz CT molecular complexity index is 1310. The minimum atomic E-state index is -0.750. The van der Waals surface area contributed by atoms with Gasteiger partial charge in [0.25, 0.3) is 5.91 Å². The molecule has 1 aliphatic heterocycles. The lowest BCUT2D eigenvalue weighted by molar-refractivity contribution is -0.124. The number of amides is 3. The highest BCUT2D eigenvalue weighted by Crippen LogP contribution is 2.30. The summed E-state index contributed by atoms with van der Waals surface area (Å²) in [4.78, 5) is 46.0. The number of imidazole rings is 1. The molecule has 9 nitrogen and oxygen atoms in total. The van der Waals surface area contributed by atoms with Crippen LogP contribution < -0.4 is 10.6 Å². The number of nitrogens with zero attached hydrogens (tertiary/aromatic N) is 3. The molecule has 3 aromatic rings. The quantitative estimate of drug-likeness (QED) is 0.422. The molecule has 4 rings (SSSR count). The van der Waals surface area contributed by atoms with Crippen LogP contribution >= 0.6 is 0 Å². The summed E-state index contributed by atoms with van der Waals surface area (Å²) in [6.07, 6.45) is 6.54. The maximum absolute atomic E-state index is 13.7. The summed E-state index contributed by atoms with van der Waals surface area (Å²) in [6, 6.07) is 12.6. The van der Waals surface area contributed by atoms with Crippen molar-refractivity contribution in [3.63, 3.8) is 0 Å². The van der Waals surface area contributed by atoms with E-state index in [1.165, 1.54) is 0 Å². The van der Waals surface area contributed by atoms with Crippen LogP contribution in [0.25, 0.3) is 5.52 Å². The fourth-order valence-electron chi connectivity index (χ4n) is 5.18. The molecule has 1 fully saturated rings. The number of alkyl carbamates (subject to hydrolysis) is 1. The van der Waals surface area contributed by atoms with E-state index in [-0.39, 0.29) is 23.8 Å². The molecule has 0 saturated carbocycles. The zero-order valence-corrected chi connectivity index (χ0v) is 24.1. The first-order valence-corrected chi connectivity index (χ1v) is 14.1. The van der Waals surface area contributed by atoms with Gasteiger partial charge in [-0.2, -0.15) is 0 Å². The van der Waals surface area contributed by atoms with Gasteiger partial charge >= 0.3 is 6.09 Å². The van der Waals surface area contributed by atoms with Crippen LogP contribution in [0.3, 0.4) is 0 Å². The molecule has 0 spiro atoms. The van der Waals surface area contributed by atoms with Gasteiger partial charge in [0, 0.05) is 25.2 Å². The average Bonchev–Trinajstić information content (AvgIpc) is 3.39. The highest BCUT2D eigenvalue weighted by molar-refractivity contribution is 6.00. The number of carbonyl (C=O) groups excluding carboxylic acids is 3. The lowest BCUT2D eigenvalue weighted by atomic mass is 9.84. The second kappa shape index (κ2) is 12.5. The molecule has 0 unspecified atom stereocenters. The number of carbonyl (C=O) groups is 3. The van der Waals surface area contributed by atoms with Crippen molar-refractivity contribution in [2.45, 2.75) is 77.5 Å². The monoisotopic (exact) mass is 547 g/mol. The van der Waals surface area contributed by atoms with Crippen molar-refractivity contribution in [1.82, 2.24) is 24.9 Å². The van der Waals surface area contributed by atoms with E-state index < -0.39 is 17.7 Å². The molecule has 214 valence electrons. The molecule has 1 aliphatic rings. The molecule has 3 atom stereocenters. The number of hydrogen-bond donors (Lipinski definition) is 2. The van der Waals surface area contributed by atoms with Crippen LogP contribution in [0.5, 0.6) is 0 Å². The summed E-state index contributed by atoms with van der Waals surface area (Å²) in [5, 5.41) is 5.99. The lowest BCUT2D eigenvalue weighted by Crippen LogP contribution is -2.57. The summed E-state index contributed by atoms with van der Waals surface area (Å²) >= 11 is 0. The van der Waals surface area contributed by atoms with Crippen molar-refractivity contribution < 1.29 is 19.1 Å². The standard InChI is InChI=1S/C31H41N5O4/c1-21(2)13-14-25(34-30(39)40-31(3,4)5)28(37)33-26-19-35(17-15-23(26)22-10-7-6-8-11-22)29(38)24-12-9-16-36-20-32-18-27(24)36/h6-12,16,18,20-21,23,25-26H,13-15,17,19H2,1-5H3,(H,33,37)(H,34,39)/t23-,25+,26+/m0/s1. The Balaban J connectivity index is 1.56. The molecule has 1 saturated heterocycles. The third-order valence-corrected chi connectivity index (χ3v) is 7.18. The Hall–Kier alpha value is -3.88. The number of rotatable bonds is 8. The van der Waals surface area contributed by atoms with E-state index in [1.54, 1.807) is 38.2 Å². The van der Waals surface area contributed by atoms with Gasteiger partial charge in [0.1, 0.15) is 11.6 Å². The molecule has 2 aromatic heterocycles. The molecule has 0 aliphatic carbocycles. The van der Waals surface area contributed by atoms with Crippen molar-refractivity contribution in [2.75, 3.05) is 13.1 Å². The van der Waals surface area contributed by atoms with Gasteiger partial charge in [0.2, 0.25) is 5.91 Å². The number of piperidine rings is 1. The van der Waals surface area contributed by atoms with Gasteiger partial charge in [-0.25, -0.2) is 9.78 Å². The van der Waals surface area contributed by atoms with Crippen molar-refractivity contribution in [1.29, 1.82) is 0 Å². The number of benzene rings is 1. The first kappa shape index (κ1) is 29.1. The van der Waals surface area contributed by atoms with Crippen LogP contribution in [0, 0.1) is 5.92 Å². The number of pyridine rings is 1. The van der Waals surface area contributed by atoms with E-state index in [0.29, 0.717) is 37.4 Å². The highest BCUT2D eigenvalue weighted by Gasteiger charge is 2.36. The number of nitrogens with one attached hydrogen (secondary N) is 2. The molecule has 0 radical (unpaired) electrons. The Labute approximate surface area is 236 Å². The van der Waals surface area contributed by atoms with E-state index in [9.17, 15) is 14.4 Å². The SMILES string of the molecule is CC(C)CC[C@@H](NC(=O)OC(C)(C)C)C(=O)N[C@@H]1CN(C(=O)c2cccn3cncc23)CC[C@H]1c1ccccc1. The molecule has 3 amide bonds. The minimum absolute atomic E-state index is 0.0206. The number of likely N-dealkylation sites (tertiary alicyclic amines) is 1. The van der Waals surface area contributed by atoms with Gasteiger partial charge in [0.05, 0.1) is 29.6 Å². The van der Waals surface area contributed by atoms with E-state index >= 15 is 0 Å². The Morgan fingerprint density at radius 3 is 2.52 bits per heavy atom. The van der Waals surface area contributed by atoms with Gasteiger partial charge in [-0.05, 0) is 63.6 Å². The summed E-state index contributed by atoms with van der Waals surface area (Å²) < 4.78 is 7.27. The van der Waals surface area contributed by atoms with E-state index in [2.05, 4.69) is 41.6 Å². The van der Waals surface area contributed by atoms with Crippen LogP contribution in [0.15, 0.2) is 61.2 Å². The Morgan fingerprint density at radius 1 is 1.07 bits per heavy atom. The van der Waals surface area contributed by atoms with E-state index in [4.69, 9.17) is 4.74 Å². The Kier molecular flexibility index (Phi) is 9.12. The van der Waals surface area contributed by atoms with Gasteiger partial charge in [0.15, 0.2) is 0 Å². The molecule has 40 heavy (non-hydrogen) atoms. The zero-order valence-electron chi connectivity index (χ0n) is 24.1. The van der Waals surface area contributed by atoms with Crippen molar-refractivity contribution in [2.24, 2.45) is 5.92 Å². The van der Waals surface area contributed by atoms with Crippen LogP contribution in [-0.4, -0.2) is 63.0 Å². The van der Waals surface area contributed by atoms with Crippen LogP contribution in [-0.2, 0) is 9.53 Å². The highest BCUT2D eigenvalue weighted by atomic mass is 16.6. The predicted molar refractivity (Wildman–Crippen MR) is 154 cm³/mol. The zero-order chi connectivity index (χ0) is 28.9. The van der Waals surface area contributed by atoms with Crippen LogP contribution in [0.1, 0.15) is 75.7 Å². The summed E-state index contributed by atoms with van der Waals surface area (Å²) in [5.74, 6) is 0.0128. The Morgan fingerprint density at radius 2 is 1.82 bits per heavy atom. The molecule has 1 aromatic carbocycles. The summed E-state index contributed by atoms with van der Waals surface area (Å²) in [6.45, 7) is 10.4. The normalized spacial score (nSPS) is 18.4. The van der Waals surface area contributed by atoms with Gasteiger partial charge < -0.3 is 24.7 Å². The van der Waals surface area contributed by atoms with Crippen molar-refractivity contribution in [3.8, 4) is 0 Å². The molecular formula is C31H41N5O4. The maximum Gasteiger partial charge on any atom is 0.408 e. The summed E-state index contributed by atoms with van der Waals surface area (Å²) in [7, 11) is 0. The van der Waals surface area contributed by atoms with Gasteiger partial charge in [-0.1, -0.05) is 44.2 Å². The first-order valence-electron chi connectivity index (χ1n) is 14.1. The van der Waals surface area contributed by atoms with Crippen molar-refractivity contribution >= 4 is 23.4 Å². The third-order valence-electron chi connectivity index (χ3n) is 7.18. The first-order chi connectivity index (χ1) is 19.0. The molecule has 9 heteroatoms. The third kappa shape index (κ3) is 7.40. The fourth-order valence-corrected chi connectivity index (χ4v) is 5.18. The average molecular weight is 548 g/mol. The number of ether oxygens (including phenoxy) is 1. The lowest BCUT2D eigenvalue weighted by Gasteiger charge is -2.40. The van der Waals surface area contributed by atoms with Crippen molar-refractivity contribution in [3.05, 3.63) is 72.3 Å². The van der Waals surface area contributed by atoms with Crippen LogP contribution in [0.2, 0.25) is 0 Å². The molecule has 2 N–H and O–H groups in total. The van der Waals surface area contributed by atoms with E-state index in [1.807, 2.05) is 40.9 Å². The summed E-state index contributed by atoms with van der Waals surface area (Å²) in [5.41, 5.74) is 1.75. The number of fused-ring (bicyclic) bond motifs is 1. The molecular weight excluding hydrogens is 506 g/mol. The molecule has 3 heterocycles. The minimum Gasteiger partial charge on any atom is -0.444 e. The van der Waals surface area contributed by atoms with Gasteiger partial charge in [-0.3, -0.25) is 9.59 Å². The predicted octanol–water partition coefficient (Wildman–Crippen LogP) is 4.78. The second-order valence-electron chi connectivity index (χ2n) is 12.0. The molecule has 0 bridgehead atoms.